The van der Waals surface area contributed by atoms with Crippen molar-refractivity contribution < 1.29 is 18.8 Å². The number of carbonyl (C=O) groups excluding carboxylic acids is 2. The Bertz CT molecular complexity index is 1120. The van der Waals surface area contributed by atoms with Crippen LogP contribution < -0.4 is 15.4 Å². The third kappa shape index (κ3) is 5.93. The summed E-state index contributed by atoms with van der Waals surface area (Å²) in [6, 6.07) is 11.8. The molecule has 3 rings (SSSR count). The lowest BCUT2D eigenvalue weighted by Crippen LogP contribution is -2.47. The molecule has 0 saturated carbocycles. The van der Waals surface area contributed by atoms with Gasteiger partial charge in [-0.2, -0.15) is 0 Å². The zero-order valence-corrected chi connectivity index (χ0v) is 20.1. The van der Waals surface area contributed by atoms with Crippen LogP contribution in [-0.4, -0.2) is 36.2 Å². The van der Waals surface area contributed by atoms with Gasteiger partial charge in [0.25, 0.3) is 5.91 Å². The van der Waals surface area contributed by atoms with E-state index < -0.39 is 11.9 Å². The van der Waals surface area contributed by atoms with Gasteiger partial charge in [-0.15, -0.1) is 0 Å². The third-order valence-electron chi connectivity index (χ3n) is 5.14. The number of hydrogen-bond donors (Lipinski definition) is 2. The lowest BCUT2D eigenvalue weighted by molar-refractivity contribution is -0.122. The van der Waals surface area contributed by atoms with Crippen molar-refractivity contribution in [2.75, 3.05) is 7.05 Å². The second kappa shape index (κ2) is 10.5. The highest BCUT2D eigenvalue weighted by Gasteiger charge is 2.22. The standard InChI is InChI=1S/C25H28ClN3O4/c1-14(2)32-22-11-10-19(13-20(22)26)24(30)28-21(25(31)27-5)12-17-6-8-18(9-7-17)23-15(3)29-33-16(23)4/h6-11,13-14,21H,12H2,1-5H3,(H,27,31)(H,28,30). The van der Waals surface area contributed by atoms with Gasteiger partial charge >= 0.3 is 0 Å². The van der Waals surface area contributed by atoms with Gasteiger partial charge in [-0.1, -0.05) is 41.0 Å². The van der Waals surface area contributed by atoms with Gasteiger partial charge < -0.3 is 19.9 Å². The highest BCUT2D eigenvalue weighted by atomic mass is 35.5. The summed E-state index contributed by atoms with van der Waals surface area (Å²) in [6.45, 7) is 7.55. The number of benzene rings is 2. The van der Waals surface area contributed by atoms with Crippen LogP contribution in [0, 0.1) is 13.8 Å². The van der Waals surface area contributed by atoms with Crippen LogP contribution in [0.1, 0.15) is 41.2 Å². The topological polar surface area (TPSA) is 93.5 Å². The number of hydrogen-bond acceptors (Lipinski definition) is 5. The molecule has 1 unspecified atom stereocenters. The first-order valence-corrected chi connectivity index (χ1v) is 11.1. The van der Waals surface area contributed by atoms with Gasteiger partial charge in [0.2, 0.25) is 5.91 Å². The minimum absolute atomic E-state index is 0.0382. The number of carbonyl (C=O) groups is 2. The first-order chi connectivity index (χ1) is 15.7. The maximum atomic E-state index is 12.8. The number of rotatable bonds is 8. The first-order valence-electron chi connectivity index (χ1n) is 10.7. The van der Waals surface area contributed by atoms with Crippen LogP contribution in [0.15, 0.2) is 47.0 Å². The van der Waals surface area contributed by atoms with Crippen molar-refractivity contribution in [3.05, 3.63) is 70.1 Å². The van der Waals surface area contributed by atoms with Crippen molar-refractivity contribution in [2.45, 2.75) is 46.3 Å². The van der Waals surface area contributed by atoms with Crippen LogP contribution in [0.4, 0.5) is 0 Å². The maximum Gasteiger partial charge on any atom is 0.251 e. The van der Waals surface area contributed by atoms with Gasteiger partial charge in [0.05, 0.1) is 16.8 Å². The largest absolute Gasteiger partial charge is 0.489 e. The van der Waals surface area contributed by atoms with Crippen molar-refractivity contribution in [3.8, 4) is 16.9 Å². The fourth-order valence-corrected chi connectivity index (χ4v) is 3.78. The van der Waals surface area contributed by atoms with Gasteiger partial charge in [-0.3, -0.25) is 9.59 Å². The van der Waals surface area contributed by atoms with E-state index >= 15 is 0 Å². The Morgan fingerprint density at radius 2 is 1.82 bits per heavy atom. The Morgan fingerprint density at radius 3 is 2.36 bits per heavy atom. The van der Waals surface area contributed by atoms with Crippen LogP contribution >= 0.6 is 11.6 Å². The monoisotopic (exact) mass is 469 g/mol. The second-order valence-corrected chi connectivity index (χ2v) is 8.46. The molecule has 0 aliphatic heterocycles. The van der Waals surface area contributed by atoms with E-state index in [2.05, 4.69) is 15.8 Å². The summed E-state index contributed by atoms with van der Waals surface area (Å²) in [4.78, 5) is 25.3. The number of aromatic nitrogens is 1. The SMILES string of the molecule is CNC(=O)C(Cc1ccc(-c2c(C)noc2C)cc1)NC(=O)c1ccc(OC(C)C)c(Cl)c1. The number of ether oxygens (including phenoxy) is 1. The molecule has 0 aliphatic carbocycles. The van der Waals surface area contributed by atoms with Crippen molar-refractivity contribution in [1.82, 2.24) is 15.8 Å². The van der Waals surface area contributed by atoms with E-state index in [-0.39, 0.29) is 12.0 Å². The maximum absolute atomic E-state index is 12.8. The fraction of sp³-hybridized carbons (Fsp3) is 0.320. The molecule has 2 aromatic carbocycles. The van der Waals surface area contributed by atoms with Crippen molar-refractivity contribution >= 4 is 23.4 Å². The normalized spacial score (nSPS) is 11.8. The minimum atomic E-state index is -0.752. The molecule has 2 N–H and O–H groups in total. The molecular weight excluding hydrogens is 442 g/mol. The number of nitrogens with one attached hydrogen (secondary N) is 2. The lowest BCUT2D eigenvalue weighted by atomic mass is 9.99. The Balaban J connectivity index is 1.75. The molecule has 0 bridgehead atoms. The summed E-state index contributed by atoms with van der Waals surface area (Å²) in [7, 11) is 1.54. The molecular formula is C25H28ClN3O4. The average Bonchev–Trinajstić information content (AvgIpc) is 3.12. The number of aryl methyl sites for hydroxylation is 2. The smallest absolute Gasteiger partial charge is 0.251 e. The number of amides is 2. The molecule has 0 spiro atoms. The quantitative estimate of drug-likeness (QED) is 0.507. The van der Waals surface area contributed by atoms with Crippen molar-refractivity contribution in [3.63, 3.8) is 0 Å². The summed E-state index contributed by atoms with van der Waals surface area (Å²) in [5.41, 5.74) is 4.00. The molecule has 0 fully saturated rings. The zero-order valence-electron chi connectivity index (χ0n) is 19.4. The summed E-state index contributed by atoms with van der Waals surface area (Å²) in [5, 5.41) is 9.75. The molecule has 0 radical (unpaired) electrons. The molecule has 1 aromatic heterocycles. The molecule has 0 saturated heterocycles. The summed E-state index contributed by atoms with van der Waals surface area (Å²) in [6.07, 6.45) is 0.291. The van der Waals surface area contributed by atoms with E-state index in [1.165, 1.54) is 13.1 Å². The third-order valence-corrected chi connectivity index (χ3v) is 5.44. The van der Waals surface area contributed by atoms with E-state index in [9.17, 15) is 9.59 Å². The van der Waals surface area contributed by atoms with Crippen molar-refractivity contribution in [1.29, 1.82) is 0 Å². The number of likely N-dealkylation sites (N-methyl/N-ethyl adjacent to an activating group) is 1. The van der Waals surface area contributed by atoms with Gasteiger partial charge in [-0.25, -0.2) is 0 Å². The van der Waals surface area contributed by atoms with Crippen LogP contribution in [0.3, 0.4) is 0 Å². The van der Waals surface area contributed by atoms with E-state index in [0.29, 0.717) is 22.8 Å². The van der Waals surface area contributed by atoms with Gasteiger partial charge in [0.15, 0.2) is 0 Å². The van der Waals surface area contributed by atoms with Crippen LogP contribution in [-0.2, 0) is 11.2 Å². The van der Waals surface area contributed by atoms with Gasteiger partial charge in [-0.05, 0) is 57.0 Å². The van der Waals surface area contributed by atoms with E-state index in [1.54, 1.807) is 12.1 Å². The molecule has 1 atom stereocenters. The van der Waals surface area contributed by atoms with Crippen molar-refractivity contribution in [2.24, 2.45) is 0 Å². The first kappa shape index (κ1) is 24.3. The molecule has 8 heteroatoms. The predicted molar refractivity (Wildman–Crippen MR) is 128 cm³/mol. The van der Waals surface area contributed by atoms with E-state index in [4.69, 9.17) is 20.9 Å². The number of halogens is 1. The molecule has 174 valence electrons. The number of nitrogens with zero attached hydrogens (tertiary/aromatic N) is 1. The highest BCUT2D eigenvalue weighted by Crippen LogP contribution is 2.28. The summed E-state index contributed by atoms with van der Waals surface area (Å²) in [5.74, 6) is 0.571. The highest BCUT2D eigenvalue weighted by molar-refractivity contribution is 6.32. The van der Waals surface area contributed by atoms with E-state index in [0.717, 1.165) is 28.1 Å². The lowest BCUT2D eigenvalue weighted by Gasteiger charge is -2.18. The second-order valence-electron chi connectivity index (χ2n) is 8.05. The fourth-order valence-electron chi connectivity index (χ4n) is 3.55. The van der Waals surface area contributed by atoms with Crippen LogP contribution in [0.5, 0.6) is 5.75 Å². The molecule has 1 heterocycles. The predicted octanol–water partition coefficient (Wildman–Crippen LogP) is 4.49. The molecule has 2 amide bonds. The average molecular weight is 470 g/mol. The minimum Gasteiger partial charge on any atom is -0.489 e. The summed E-state index contributed by atoms with van der Waals surface area (Å²) < 4.78 is 10.9. The Kier molecular flexibility index (Phi) is 7.76. The molecule has 33 heavy (non-hydrogen) atoms. The van der Waals surface area contributed by atoms with Crippen LogP contribution in [0.25, 0.3) is 11.1 Å². The Hall–Kier alpha value is -3.32. The van der Waals surface area contributed by atoms with Gasteiger partial charge in [0, 0.05) is 24.6 Å². The molecule has 0 aliphatic rings. The zero-order chi connectivity index (χ0) is 24.1. The Labute approximate surface area is 198 Å². The summed E-state index contributed by atoms with van der Waals surface area (Å²) >= 11 is 6.26. The molecule has 7 nitrogen and oxygen atoms in total. The molecule has 3 aromatic rings. The van der Waals surface area contributed by atoms with Gasteiger partial charge in [0.1, 0.15) is 17.6 Å². The Morgan fingerprint density at radius 1 is 1.12 bits per heavy atom. The van der Waals surface area contributed by atoms with Crippen LogP contribution in [0.2, 0.25) is 5.02 Å². The van der Waals surface area contributed by atoms with E-state index in [1.807, 2.05) is 52.0 Å².